The molecule has 0 spiro atoms. The van der Waals surface area contributed by atoms with Crippen LogP contribution in [0.25, 0.3) is 0 Å². The number of thioether (sulfide) groups is 1. The summed E-state index contributed by atoms with van der Waals surface area (Å²) in [6, 6.07) is 0. The van der Waals surface area contributed by atoms with Gasteiger partial charge in [0.25, 0.3) is 0 Å². The van der Waals surface area contributed by atoms with E-state index in [0.717, 1.165) is 9.90 Å². The Bertz CT molecular complexity index is 522. The molecule has 1 amide bonds. The van der Waals surface area contributed by atoms with Gasteiger partial charge in [0.15, 0.2) is 5.13 Å². The lowest BCUT2D eigenvalue weighted by molar-refractivity contribution is -0.116. The maximum atomic E-state index is 11.7. The number of thiazole rings is 1. The average Bonchev–Trinajstić information content (AvgIpc) is 2.96. The molecule has 0 atom stereocenters. The largest absolute Gasteiger partial charge is 0.302 e. The molecule has 0 aromatic carbocycles. The summed E-state index contributed by atoms with van der Waals surface area (Å²) in [5, 5.41) is 7.38. The molecule has 6 nitrogen and oxygen atoms in total. The highest BCUT2D eigenvalue weighted by atomic mass is 32.2. The standard InChI is InChI=1S/C10H13N5OS2/c1-7-9(17-2)18-10(13-7)14-8(16)3-4-15-6-11-5-12-15/h5-6H,3-4H2,1-2H3,(H,13,14,16). The SMILES string of the molecule is CSc1sc(NC(=O)CCn2cncn2)nc1C. The summed E-state index contributed by atoms with van der Waals surface area (Å²) in [5.41, 5.74) is 0.957. The first-order chi connectivity index (χ1) is 8.69. The van der Waals surface area contributed by atoms with Gasteiger partial charge in [-0.05, 0) is 13.2 Å². The van der Waals surface area contributed by atoms with Crippen LogP contribution in [0.1, 0.15) is 12.1 Å². The molecular weight excluding hydrogens is 270 g/mol. The highest BCUT2D eigenvalue weighted by molar-refractivity contribution is 8.00. The van der Waals surface area contributed by atoms with Gasteiger partial charge in [-0.15, -0.1) is 11.8 Å². The molecule has 1 N–H and O–H groups in total. The summed E-state index contributed by atoms with van der Waals surface area (Å²) in [4.78, 5) is 19.8. The second kappa shape index (κ2) is 5.96. The number of carbonyl (C=O) groups is 1. The third-order valence-corrected chi connectivity index (χ3v) is 4.50. The van der Waals surface area contributed by atoms with Crippen LogP contribution in [0.3, 0.4) is 0 Å². The van der Waals surface area contributed by atoms with E-state index in [1.807, 2.05) is 13.2 Å². The van der Waals surface area contributed by atoms with E-state index in [2.05, 4.69) is 20.4 Å². The Morgan fingerprint density at radius 3 is 3.06 bits per heavy atom. The van der Waals surface area contributed by atoms with Gasteiger partial charge in [0, 0.05) is 6.42 Å². The van der Waals surface area contributed by atoms with Crippen molar-refractivity contribution in [1.82, 2.24) is 19.7 Å². The van der Waals surface area contributed by atoms with Crippen LogP contribution in [0.2, 0.25) is 0 Å². The summed E-state index contributed by atoms with van der Waals surface area (Å²) in [5.74, 6) is -0.0631. The third kappa shape index (κ3) is 3.30. The van der Waals surface area contributed by atoms with Gasteiger partial charge >= 0.3 is 0 Å². The summed E-state index contributed by atoms with van der Waals surface area (Å²) >= 11 is 3.13. The number of aromatic nitrogens is 4. The lowest BCUT2D eigenvalue weighted by Crippen LogP contribution is -2.14. The molecule has 0 saturated carbocycles. The van der Waals surface area contributed by atoms with Gasteiger partial charge in [-0.1, -0.05) is 11.3 Å². The maximum Gasteiger partial charge on any atom is 0.228 e. The highest BCUT2D eigenvalue weighted by Gasteiger charge is 2.09. The van der Waals surface area contributed by atoms with E-state index in [0.29, 0.717) is 18.1 Å². The third-order valence-electron chi connectivity index (χ3n) is 2.22. The predicted molar refractivity (Wildman–Crippen MR) is 71.9 cm³/mol. The molecule has 96 valence electrons. The van der Waals surface area contributed by atoms with Gasteiger partial charge in [0.1, 0.15) is 12.7 Å². The number of anilines is 1. The van der Waals surface area contributed by atoms with E-state index < -0.39 is 0 Å². The van der Waals surface area contributed by atoms with Gasteiger partial charge in [0.2, 0.25) is 5.91 Å². The predicted octanol–water partition coefficient (Wildman–Crippen LogP) is 1.79. The Kier molecular flexibility index (Phi) is 4.32. The van der Waals surface area contributed by atoms with E-state index >= 15 is 0 Å². The fourth-order valence-electron chi connectivity index (χ4n) is 1.37. The monoisotopic (exact) mass is 283 g/mol. The fourth-order valence-corrected chi connectivity index (χ4v) is 3.00. The van der Waals surface area contributed by atoms with Crippen molar-refractivity contribution in [1.29, 1.82) is 0 Å². The van der Waals surface area contributed by atoms with E-state index in [1.54, 1.807) is 22.8 Å². The molecule has 2 aromatic rings. The van der Waals surface area contributed by atoms with E-state index in [4.69, 9.17) is 0 Å². The molecule has 0 radical (unpaired) electrons. The van der Waals surface area contributed by atoms with Gasteiger partial charge < -0.3 is 5.32 Å². The van der Waals surface area contributed by atoms with Crippen LogP contribution in [-0.2, 0) is 11.3 Å². The van der Waals surface area contributed by atoms with Crippen LogP contribution in [0, 0.1) is 6.92 Å². The molecule has 0 aliphatic carbocycles. The number of nitrogens with zero attached hydrogens (tertiary/aromatic N) is 4. The first-order valence-electron chi connectivity index (χ1n) is 5.32. The molecule has 2 rings (SSSR count). The number of carbonyl (C=O) groups excluding carboxylic acids is 1. The van der Waals surface area contributed by atoms with E-state index in [-0.39, 0.29) is 5.91 Å². The second-order valence-corrected chi connectivity index (χ2v) is 5.63. The van der Waals surface area contributed by atoms with Crippen LogP contribution in [0.4, 0.5) is 5.13 Å². The Hall–Kier alpha value is -1.41. The van der Waals surface area contributed by atoms with Gasteiger partial charge in [0.05, 0.1) is 16.4 Å². The molecule has 0 saturated heterocycles. The van der Waals surface area contributed by atoms with Crippen molar-refractivity contribution in [2.45, 2.75) is 24.1 Å². The van der Waals surface area contributed by atoms with Crippen LogP contribution in [0.15, 0.2) is 16.9 Å². The van der Waals surface area contributed by atoms with Crippen molar-refractivity contribution >= 4 is 34.1 Å². The first kappa shape index (κ1) is 13.0. The number of amides is 1. The number of nitrogens with one attached hydrogen (secondary N) is 1. The quantitative estimate of drug-likeness (QED) is 0.847. The normalized spacial score (nSPS) is 10.6. The molecule has 2 heterocycles. The molecule has 0 aliphatic rings. The van der Waals surface area contributed by atoms with Gasteiger partial charge in [-0.3, -0.25) is 9.48 Å². The van der Waals surface area contributed by atoms with E-state index in [1.165, 1.54) is 17.7 Å². The lowest BCUT2D eigenvalue weighted by atomic mass is 10.4. The summed E-state index contributed by atoms with van der Waals surface area (Å²) in [6.45, 7) is 2.46. The minimum atomic E-state index is -0.0631. The van der Waals surface area contributed by atoms with Crippen LogP contribution in [0.5, 0.6) is 0 Å². The smallest absolute Gasteiger partial charge is 0.228 e. The molecule has 8 heteroatoms. The second-order valence-electron chi connectivity index (χ2n) is 3.55. The van der Waals surface area contributed by atoms with E-state index in [9.17, 15) is 4.79 Å². The first-order valence-corrected chi connectivity index (χ1v) is 7.37. The minimum Gasteiger partial charge on any atom is -0.302 e. The van der Waals surface area contributed by atoms with Crippen molar-refractivity contribution < 1.29 is 4.79 Å². The summed E-state index contributed by atoms with van der Waals surface area (Å²) in [6.07, 6.45) is 5.40. The van der Waals surface area contributed by atoms with Crippen molar-refractivity contribution in [2.75, 3.05) is 11.6 Å². The summed E-state index contributed by atoms with van der Waals surface area (Å²) < 4.78 is 2.75. The minimum absolute atomic E-state index is 0.0631. The Balaban J connectivity index is 1.86. The zero-order chi connectivity index (χ0) is 13.0. The van der Waals surface area contributed by atoms with Crippen LogP contribution >= 0.6 is 23.1 Å². The van der Waals surface area contributed by atoms with Crippen molar-refractivity contribution in [3.8, 4) is 0 Å². The fraction of sp³-hybridized carbons (Fsp3) is 0.400. The van der Waals surface area contributed by atoms with Crippen LogP contribution < -0.4 is 5.32 Å². The Labute approximate surface area is 113 Å². The molecule has 0 aliphatic heterocycles. The maximum absolute atomic E-state index is 11.7. The molecule has 18 heavy (non-hydrogen) atoms. The highest BCUT2D eigenvalue weighted by Crippen LogP contribution is 2.30. The van der Waals surface area contributed by atoms with Crippen molar-refractivity contribution in [2.24, 2.45) is 0 Å². The number of rotatable bonds is 5. The van der Waals surface area contributed by atoms with Gasteiger partial charge in [-0.2, -0.15) is 5.10 Å². The topological polar surface area (TPSA) is 72.7 Å². The molecule has 0 bridgehead atoms. The van der Waals surface area contributed by atoms with Crippen LogP contribution in [-0.4, -0.2) is 31.9 Å². The average molecular weight is 283 g/mol. The van der Waals surface area contributed by atoms with Crippen molar-refractivity contribution in [3.05, 3.63) is 18.3 Å². The Morgan fingerprint density at radius 2 is 2.44 bits per heavy atom. The number of hydrogen-bond acceptors (Lipinski definition) is 6. The van der Waals surface area contributed by atoms with Gasteiger partial charge in [-0.25, -0.2) is 9.97 Å². The summed E-state index contributed by atoms with van der Waals surface area (Å²) in [7, 11) is 0. The zero-order valence-electron chi connectivity index (χ0n) is 10.1. The number of hydrogen-bond donors (Lipinski definition) is 1. The number of aryl methyl sites for hydroxylation is 2. The van der Waals surface area contributed by atoms with Crippen molar-refractivity contribution in [3.63, 3.8) is 0 Å². The lowest BCUT2D eigenvalue weighted by Gasteiger charge is -2.01. The molecule has 0 unspecified atom stereocenters. The zero-order valence-corrected chi connectivity index (χ0v) is 11.7. The Morgan fingerprint density at radius 1 is 1.61 bits per heavy atom. The molecule has 0 fully saturated rings. The molecular formula is C10H13N5OS2. The molecule has 2 aromatic heterocycles.